The number of phenolic OH excluding ortho intramolecular Hbond substituents is 1. The Balaban J connectivity index is 0.00000280. The number of ketones is 1. The molecule has 7 heteroatoms. The van der Waals surface area contributed by atoms with Crippen LogP contribution >= 0.6 is 17.0 Å². The van der Waals surface area contributed by atoms with Crippen LogP contribution in [-0.4, -0.2) is 53.1 Å². The number of likely N-dealkylation sites (tertiary alicyclic amines) is 1. The second kappa shape index (κ2) is 7.50. The van der Waals surface area contributed by atoms with Crippen molar-refractivity contribution in [3.05, 3.63) is 28.8 Å². The number of amidine groups is 1. The maximum atomic E-state index is 13.1. The Kier molecular flexibility index (Phi) is 6.00. The number of halogens is 1. The van der Waals surface area contributed by atoms with Crippen LogP contribution in [-0.2, 0) is 10.8 Å². The van der Waals surface area contributed by atoms with E-state index in [9.17, 15) is 9.90 Å². The number of nitrogens with one attached hydrogen (secondary N) is 2. The molecule has 2 aliphatic heterocycles. The number of aliphatic imine (C=N–C) groups is 1. The summed E-state index contributed by atoms with van der Waals surface area (Å²) in [5, 5.41) is 22.2. The third-order valence-electron chi connectivity index (χ3n) is 5.33. The molecule has 1 fully saturated rings. The first kappa shape index (κ1) is 22.4. The smallest absolute Gasteiger partial charge is 0.182 e. The molecule has 0 aromatic heterocycles. The fraction of sp³-hybridized carbons (Fsp3) is 0.571. The number of hydrogen-bond acceptors (Lipinski definition) is 5. The molecule has 0 saturated carbocycles. The van der Waals surface area contributed by atoms with Crippen LogP contribution in [0.5, 0.6) is 5.75 Å². The van der Waals surface area contributed by atoms with E-state index in [1.807, 2.05) is 53.7 Å². The zero-order chi connectivity index (χ0) is 20.1. The van der Waals surface area contributed by atoms with Crippen molar-refractivity contribution in [1.29, 1.82) is 5.41 Å². The third-order valence-corrected chi connectivity index (χ3v) is 5.33. The number of benzene rings is 1. The van der Waals surface area contributed by atoms with Gasteiger partial charge in [-0.25, -0.2) is 0 Å². The molecular formula is C21H31BrN4O2. The predicted molar refractivity (Wildman–Crippen MR) is 119 cm³/mol. The molecule has 3 N–H and O–H groups in total. The number of hydrogen-bond donors (Lipinski definition) is 3. The van der Waals surface area contributed by atoms with Gasteiger partial charge in [-0.15, -0.1) is 17.0 Å². The number of carbonyl (C=O) groups excluding carboxylic acids is 1. The summed E-state index contributed by atoms with van der Waals surface area (Å²) in [6, 6.07) is 3.52. The van der Waals surface area contributed by atoms with Crippen molar-refractivity contribution >= 4 is 34.9 Å². The largest absolute Gasteiger partial charge is 0.507 e. The number of Topliss-reactive ketones (excluding diaryl/α,β-unsaturated/α-hetero) is 1. The van der Waals surface area contributed by atoms with Crippen molar-refractivity contribution in [1.82, 2.24) is 10.2 Å². The average Bonchev–Trinajstić information content (AvgIpc) is 3.09. The highest BCUT2D eigenvalue weighted by Crippen LogP contribution is 2.40. The molecule has 0 radical (unpaired) electrons. The van der Waals surface area contributed by atoms with Crippen molar-refractivity contribution < 1.29 is 9.90 Å². The van der Waals surface area contributed by atoms with Crippen molar-refractivity contribution in [3.63, 3.8) is 0 Å². The van der Waals surface area contributed by atoms with Crippen LogP contribution in [0.15, 0.2) is 17.1 Å². The zero-order valence-electron chi connectivity index (χ0n) is 17.5. The third kappa shape index (κ3) is 4.09. The molecule has 0 amide bonds. The molecular weight excluding hydrogens is 420 g/mol. The topological polar surface area (TPSA) is 88.8 Å². The van der Waals surface area contributed by atoms with Gasteiger partial charge >= 0.3 is 0 Å². The molecule has 0 spiro atoms. The van der Waals surface area contributed by atoms with Gasteiger partial charge in [0, 0.05) is 23.2 Å². The number of aromatic hydroxyl groups is 1. The molecule has 3 rings (SSSR count). The highest BCUT2D eigenvalue weighted by Gasteiger charge is 2.40. The van der Waals surface area contributed by atoms with E-state index in [1.165, 1.54) is 0 Å². The molecule has 0 aliphatic carbocycles. The lowest BCUT2D eigenvalue weighted by atomic mass is 9.78. The van der Waals surface area contributed by atoms with Crippen molar-refractivity contribution in [2.75, 3.05) is 13.1 Å². The molecule has 2 heterocycles. The number of rotatable bonds is 3. The monoisotopic (exact) mass is 450 g/mol. The fourth-order valence-electron chi connectivity index (χ4n) is 3.70. The van der Waals surface area contributed by atoms with E-state index in [0.29, 0.717) is 17.9 Å². The van der Waals surface area contributed by atoms with Gasteiger partial charge < -0.3 is 15.3 Å². The Morgan fingerprint density at radius 2 is 1.75 bits per heavy atom. The summed E-state index contributed by atoms with van der Waals surface area (Å²) in [7, 11) is 0. The molecule has 6 nitrogen and oxygen atoms in total. The van der Waals surface area contributed by atoms with Gasteiger partial charge in [-0.05, 0) is 23.0 Å². The number of fused-ring (bicyclic) bond motifs is 1. The van der Waals surface area contributed by atoms with Gasteiger partial charge in [0.2, 0.25) is 0 Å². The Labute approximate surface area is 177 Å². The van der Waals surface area contributed by atoms with Crippen molar-refractivity contribution in [2.24, 2.45) is 4.99 Å². The second-order valence-electron chi connectivity index (χ2n) is 9.61. The van der Waals surface area contributed by atoms with E-state index >= 15 is 0 Å². The maximum absolute atomic E-state index is 13.1. The van der Waals surface area contributed by atoms with Gasteiger partial charge in [0.1, 0.15) is 17.6 Å². The van der Waals surface area contributed by atoms with Crippen LogP contribution < -0.4 is 5.32 Å². The van der Waals surface area contributed by atoms with Crippen LogP contribution in [0.2, 0.25) is 0 Å². The van der Waals surface area contributed by atoms with E-state index in [4.69, 9.17) is 5.41 Å². The van der Waals surface area contributed by atoms with Gasteiger partial charge in [-0.1, -0.05) is 41.5 Å². The molecule has 1 aromatic carbocycles. The first-order chi connectivity index (χ1) is 12.4. The Morgan fingerprint density at radius 3 is 2.21 bits per heavy atom. The van der Waals surface area contributed by atoms with Crippen LogP contribution in [0, 0.1) is 5.41 Å². The Bertz CT molecular complexity index is 786. The lowest BCUT2D eigenvalue weighted by molar-refractivity contribution is 0.0964. The van der Waals surface area contributed by atoms with E-state index in [1.54, 1.807) is 11.2 Å². The highest BCUT2D eigenvalue weighted by molar-refractivity contribution is 8.93. The quantitative estimate of drug-likeness (QED) is 0.615. The second-order valence-corrected chi connectivity index (χ2v) is 9.61. The summed E-state index contributed by atoms with van der Waals surface area (Å²) in [6.45, 7) is 12.9. The molecule has 28 heavy (non-hydrogen) atoms. The molecule has 154 valence electrons. The highest BCUT2D eigenvalue weighted by atomic mass is 79.9. The molecule has 1 saturated heterocycles. The summed E-state index contributed by atoms with van der Waals surface area (Å²) in [6.07, 6.45) is 1.65. The summed E-state index contributed by atoms with van der Waals surface area (Å²) >= 11 is 0. The van der Waals surface area contributed by atoms with Gasteiger partial charge in [0.15, 0.2) is 5.78 Å². The van der Waals surface area contributed by atoms with Gasteiger partial charge in [-0.3, -0.25) is 15.2 Å². The average molecular weight is 451 g/mol. The summed E-state index contributed by atoms with van der Waals surface area (Å²) in [4.78, 5) is 19.1. The lowest BCUT2D eigenvalue weighted by Gasteiger charge is -2.28. The van der Waals surface area contributed by atoms with Gasteiger partial charge in [-0.2, -0.15) is 0 Å². The van der Waals surface area contributed by atoms with E-state index in [-0.39, 0.29) is 58.0 Å². The Hall–Kier alpha value is -1.89. The normalized spacial score (nSPS) is 21.4. The standard InChI is InChI=1S/C21H30N4O2.BrH/c1-20(2,3)13-7-12(8-14(18(13)27)21(4,5)6)16(26)10-25-9-15-17(19(25)22)24-11-23-15;/h7-8,11,15,17,22,27H,9-10H2,1-6H3,(H,23,24);1H. The fourth-order valence-corrected chi connectivity index (χ4v) is 3.70. The van der Waals surface area contributed by atoms with E-state index in [2.05, 4.69) is 10.3 Å². The minimum Gasteiger partial charge on any atom is -0.507 e. The first-order valence-corrected chi connectivity index (χ1v) is 9.42. The summed E-state index contributed by atoms with van der Waals surface area (Å²) in [5.74, 6) is 0.619. The van der Waals surface area contributed by atoms with Crippen molar-refractivity contribution in [2.45, 2.75) is 64.5 Å². The lowest BCUT2D eigenvalue weighted by Crippen LogP contribution is -2.34. The van der Waals surface area contributed by atoms with Gasteiger partial charge in [0.05, 0.1) is 18.9 Å². The predicted octanol–water partition coefficient (Wildman–Crippen LogP) is 3.41. The molecule has 1 aromatic rings. The molecule has 2 unspecified atom stereocenters. The van der Waals surface area contributed by atoms with Crippen LogP contribution in [0.4, 0.5) is 0 Å². The Morgan fingerprint density at radius 1 is 1.21 bits per heavy atom. The number of carbonyl (C=O) groups is 1. The van der Waals surface area contributed by atoms with Crippen LogP contribution in [0.1, 0.15) is 63.0 Å². The van der Waals surface area contributed by atoms with E-state index < -0.39 is 0 Å². The molecule has 2 aliphatic rings. The van der Waals surface area contributed by atoms with Crippen LogP contribution in [0.3, 0.4) is 0 Å². The summed E-state index contributed by atoms with van der Waals surface area (Å²) < 4.78 is 0. The van der Waals surface area contributed by atoms with E-state index in [0.717, 1.165) is 11.1 Å². The number of nitrogens with zero attached hydrogens (tertiary/aromatic N) is 2. The molecule has 0 bridgehead atoms. The minimum atomic E-state index is -0.281. The van der Waals surface area contributed by atoms with Crippen LogP contribution in [0.25, 0.3) is 0 Å². The van der Waals surface area contributed by atoms with Crippen molar-refractivity contribution in [3.8, 4) is 5.75 Å². The zero-order valence-corrected chi connectivity index (χ0v) is 19.2. The SMILES string of the molecule is Br.CC(C)(C)c1cc(C(=O)CN2CC3NC=NC3C2=N)cc(C(C)(C)C)c1O. The summed E-state index contributed by atoms with van der Waals surface area (Å²) in [5.41, 5.74) is 1.58. The number of phenols is 1. The van der Waals surface area contributed by atoms with Gasteiger partial charge in [0.25, 0.3) is 0 Å². The molecule has 2 atom stereocenters. The maximum Gasteiger partial charge on any atom is 0.182 e. The minimum absolute atomic E-state index is 0. The first-order valence-electron chi connectivity index (χ1n) is 9.42.